The monoisotopic (exact) mass is 356 g/mol. The third kappa shape index (κ3) is 4.89. The van der Waals surface area contributed by atoms with Gasteiger partial charge in [0.2, 0.25) is 11.7 Å². The standard InChI is InChI=1S/C19H24N4OS/c1-2-13-23(19(25)20-16-11-7-4-8-12-16)14-17-21-18(22-24-17)15-9-5-3-6-10-15/h2-3,5-6,9-10,16H,1,4,7-8,11-14H2,(H,20,25). The molecule has 132 valence electrons. The van der Waals surface area contributed by atoms with Crippen LogP contribution in [0, 0.1) is 0 Å². The first-order valence-corrected chi connectivity index (χ1v) is 9.21. The molecule has 0 bridgehead atoms. The lowest BCUT2D eigenvalue weighted by molar-refractivity contribution is 0.316. The number of hydrogen-bond donors (Lipinski definition) is 1. The summed E-state index contributed by atoms with van der Waals surface area (Å²) >= 11 is 5.60. The highest BCUT2D eigenvalue weighted by Crippen LogP contribution is 2.18. The third-order valence-corrected chi connectivity index (χ3v) is 4.77. The number of hydrogen-bond acceptors (Lipinski definition) is 4. The van der Waals surface area contributed by atoms with Crippen LogP contribution in [-0.4, -0.2) is 32.7 Å². The van der Waals surface area contributed by atoms with Gasteiger partial charge in [0, 0.05) is 18.2 Å². The molecule has 2 aromatic rings. The largest absolute Gasteiger partial charge is 0.360 e. The molecule has 25 heavy (non-hydrogen) atoms. The summed E-state index contributed by atoms with van der Waals surface area (Å²) in [6, 6.07) is 10.3. The van der Waals surface area contributed by atoms with Gasteiger partial charge in [0.05, 0.1) is 6.54 Å². The van der Waals surface area contributed by atoms with Gasteiger partial charge in [-0.2, -0.15) is 4.98 Å². The average molecular weight is 356 g/mol. The van der Waals surface area contributed by atoms with E-state index in [0.29, 0.717) is 30.8 Å². The van der Waals surface area contributed by atoms with E-state index in [1.165, 1.54) is 32.1 Å². The van der Waals surface area contributed by atoms with E-state index in [2.05, 4.69) is 22.0 Å². The van der Waals surface area contributed by atoms with Crippen LogP contribution in [0.5, 0.6) is 0 Å². The van der Waals surface area contributed by atoms with Crippen molar-refractivity contribution in [3.8, 4) is 11.4 Å². The fourth-order valence-electron chi connectivity index (χ4n) is 3.07. The molecule has 1 aromatic carbocycles. The molecule has 0 saturated heterocycles. The van der Waals surface area contributed by atoms with E-state index in [-0.39, 0.29) is 0 Å². The predicted molar refractivity (Wildman–Crippen MR) is 103 cm³/mol. The molecule has 5 nitrogen and oxygen atoms in total. The highest BCUT2D eigenvalue weighted by atomic mass is 32.1. The van der Waals surface area contributed by atoms with E-state index in [4.69, 9.17) is 16.7 Å². The van der Waals surface area contributed by atoms with Gasteiger partial charge in [-0.15, -0.1) is 6.58 Å². The van der Waals surface area contributed by atoms with Crippen LogP contribution in [0.15, 0.2) is 47.5 Å². The first-order chi connectivity index (χ1) is 12.3. The molecule has 1 N–H and O–H groups in total. The van der Waals surface area contributed by atoms with Crippen LogP contribution in [0.3, 0.4) is 0 Å². The van der Waals surface area contributed by atoms with Gasteiger partial charge in [-0.3, -0.25) is 0 Å². The molecule has 1 aliphatic carbocycles. The van der Waals surface area contributed by atoms with Crippen molar-refractivity contribution in [3.63, 3.8) is 0 Å². The summed E-state index contributed by atoms with van der Waals surface area (Å²) in [6.45, 7) is 4.95. The molecule has 0 unspecified atom stereocenters. The first-order valence-electron chi connectivity index (χ1n) is 8.80. The van der Waals surface area contributed by atoms with Crippen molar-refractivity contribution in [2.45, 2.75) is 44.7 Å². The van der Waals surface area contributed by atoms with Gasteiger partial charge in [-0.1, -0.05) is 60.8 Å². The lowest BCUT2D eigenvalue weighted by Gasteiger charge is -2.29. The van der Waals surface area contributed by atoms with Crippen molar-refractivity contribution in [3.05, 3.63) is 48.9 Å². The Balaban J connectivity index is 1.64. The van der Waals surface area contributed by atoms with E-state index in [1.807, 2.05) is 41.3 Å². The zero-order valence-corrected chi connectivity index (χ0v) is 15.2. The van der Waals surface area contributed by atoms with Crippen LogP contribution >= 0.6 is 12.2 Å². The normalized spacial score (nSPS) is 14.9. The molecule has 1 saturated carbocycles. The Bertz CT molecular complexity index is 694. The maximum absolute atomic E-state index is 5.60. The summed E-state index contributed by atoms with van der Waals surface area (Å²) in [5, 5.41) is 8.28. The van der Waals surface area contributed by atoms with E-state index in [0.717, 1.165) is 10.7 Å². The van der Waals surface area contributed by atoms with Crippen molar-refractivity contribution >= 4 is 17.3 Å². The van der Waals surface area contributed by atoms with Gasteiger partial charge in [0.25, 0.3) is 0 Å². The minimum Gasteiger partial charge on any atom is -0.360 e. The molecule has 0 amide bonds. The molecule has 1 heterocycles. The van der Waals surface area contributed by atoms with Crippen molar-refractivity contribution in [2.24, 2.45) is 0 Å². The highest BCUT2D eigenvalue weighted by molar-refractivity contribution is 7.80. The number of nitrogens with zero attached hydrogens (tertiary/aromatic N) is 3. The topological polar surface area (TPSA) is 54.2 Å². The Hall–Kier alpha value is -2.21. The Morgan fingerprint density at radius 1 is 1.28 bits per heavy atom. The second-order valence-electron chi connectivity index (χ2n) is 6.33. The Labute approximate surface area is 154 Å². The molecule has 3 rings (SSSR count). The Morgan fingerprint density at radius 2 is 2.04 bits per heavy atom. The van der Waals surface area contributed by atoms with Crippen molar-refractivity contribution in [2.75, 3.05) is 6.54 Å². The molecule has 0 radical (unpaired) electrons. The zero-order chi connectivity index (χ0) is 17.5. The average Bonchev–Trinajstić information content (AvgIpc) is 3.11. The van der Waals surface area contributed by atoms with Gasteiger partial charge in [-0.05, 0) is 25.1 Å². The molecule has 1 aromatic heterocycles. The predicted octanol–water partition coefficient (Wildman–Crippen LogP) is 3.93. The number of rotatable bonds is 6. The molecular weight excluding hydrogens is 332 g/mol. The molecular formula is C19H24N4OS. The van der Waals surface area contributed by atoms with Gasteiger partial charge in [0.15, 0.2) is 5.11 Å². The fourth-order valence-corrected chi connectivity index (χ4v) is 3.38. The van der Waals surface area contributed by atoms with Crippen LogP contribution in [0.25, 0.3) is 11.4 Å². The summed E-state index contributed by atoms with van der Waals surface area (Å²) in [7, 11) is 0. The van der Waals surface area contributed by atoms with Crippen molar-refractivity contribution < 1.29 is 4.52 Å². The first kappa shape index (κ1) is 17.6. The van der Waals surface area contributed by atoms with E-state index in [9.17, 15) is 0 Å². The SMILES string of the molecule is C=CCN(Cc1nc(-c2ccccc2)no1)C(=S)NC1CCCCC1. The summed E-state index contributed by atoms with van der Waals surface area (Å²) in [6.07, 6.45) is 8.06. The smallest absolute Gasteiger partial charge is 0.246 e. The van der Waals surface area contributed by atoms with Crippen molar-refractivity contribution in [1.29, 1.82) is 0 Å². The summed E-state index contributed by atoms with van der Waals surface area (Å²) < 4.78 is 5.41. The highest BCUT2D eigenvalue weighted by Gasteiger charge is 2.19. The number of thiocarbonyl (C=S) groups is 1. The summed E-state index contributed by atoms with van der Waals surface area (Å²) in [4.78, 5) is 6.50. The summed E-state index contributed by atoms with van der Waals surface area (Å²) in [5.41, 5.74) is 0.940. The minimum absolute atomic E-state index is 0.469. The van der Waals surface area contributed by atoms with Crippen LogP contribution in [0.1, 0.15) is 38.0 Å². The Kier molecular flexibility index (Phi) is 6.17. The molecule has 0 spiro atoms. The van der Waals surface area contributed by atoms with E-state index >= 15 is 0 Å². The lowest BCUT2D eigenvalue weighted by Crippen LogP contribution is -2.45. The number of nitrogens with one attached hydrogen (secondary N) is 1. The summed E-state index contributed by atoms with van der Waals surface area (Å²) in [5.74, 6) is 1.15. The molecule has 1 aliphatic rings. The van der Waals surface area contributed by atoms with Gasteiger partial charge < -0.3 is 14.7 Å². The van der Waals surface area contributed by atoms with Crippen LogP contribution < -0.4 is 5.32 Å². The van der Waals surface area contributed by atoms with Crippen LogP contribution in [-0.2, 0) is 6.54 Å². The van der Waals surface area contributed by atoms with Gasteiger partial charge in [0.1, 0.15) is 0 Å². The quantitative estimate of drug-likeness (QED) is 0.625. The lowest BCUT2D eigenvalue weighted by atomic mass is 9.96. The number of aromatic nitrogens is 2. The molecule has 6 heteroatoms. The van der Waals surface area contributed by atoms with Crippen molar-refractivity contribution in [1.82, 2.24) is 20.4 Å². The van der Waals surface area contributed by atoms with Gasteiger partial charge in [-0.25, -0.2) is 0 Å². The molecule has 0 aliphatic heterocycles. The number of benzene rings is 1. The zero-order valence-electron chi connectivity index (χ0n) is 14.4. The maximum atomic E-state index is 5.60. The van der Waals surface area contributed by atoms with E-state index in [1.54, 1.807) is 0 Å². The Morgan fingerprint density at radius 3 is 2.76 bits per heavy atom. The van der Waals surface area contributed by atoms with Crippen LogP contribution in [0.2, 0.25) is 0 Å². The second kappa shape index (κ2) is 8.76. The fraction of sp³-hybridized carbons (Fsp3) is 0.421. The molecule has 0 atom stereocenters. The third-order valence-electron chi connectivity index (χ3n) is 4.40. The van der Waals surface area contributed by atoms with E-state index < -0.39 is 0 Å². The van der Waals surface area contributed by atoms with Gasteiger partial charge >= 0.3 is 0 Å². The maximum Gasteiger partial charge on any atom is 0.246 e. The van der Waals surface area contributed by atoms with Crippen LogP contribution in [0.4, 0.5) is 0 Å². The second-order valence-corrected chi connectivity index (χ2v) is 6.72. The molecule has 1 fully saturated rings. The minimum atomic E-state index is 0.469.